The molecule has 2 N–H and O–H groups in total. The summed E-state index contributed by atoms with van der Waals surface area (Å²) in [6.07, 6.45) is 2.79. The van der Waals surface area contributed by atoms with E-state index in [9.17, 15) is 4.79 Å². The molecule has 124 valence electrons. The number of amidine groups is 1. The minimum Gasteiger partial charge on any atom is -0.311 e. The first-order valence-electron chi connectivity index (χ1n) is 7.99. The van der Waals surface area contributed by atoms with Crippen LogP contribution in [0, 0.1) is 5.92 Å². The van der Waals surface area contributed by atoms with Crippen LogP contribution in [0.4, 0.5) is 0 Å². The highest BCUT2D eigenvalue weighted by Gasteiger charge is 2.38. The molecule has 0 radical (unpaired) electrons. The third kappa shape index (κ3) is 3.38. The number of carbonyl (C=O) groups excluding carboxylic acids is 1. The molecule has 5 nitrogen and oxygen atoms in total. The van der Waals surface area contributed by atoms with E-state index in [1.165, 1.54) is 4.88 Å². The van der Waals surface area contributed by atoms with Crippen molar-refractivity contribution in [2.24, 2.45) is 10.9 Å². The van der Waals surface area contributed by atoms with Crippen LogP contribution in [-0.4, -0.2) is 39.8 Å². The van der Waals surface area contributed by atoms with Gasteiger partial charge in [0.1, 0.15) is 0 Å². The number of amides is 1. The summed E-state index contributed by atoms with van der Waals surface area (Å²) in [5.74, 6) is 1.43. The van der Waals surface area contributed by atoms with Crippen LogP contribution in [-0.2, 0) is 6.42 Å². The van der Waals surface area contributed by atoms with Gasteiger partial charge in [0.25, 0.3) is 5.91 Å². The van der Waals surface area contributed by atoms with Crippen molar-refractivity contribution in [1.82, 2.24) is 15.0 Å². The molecule has 0 spiro atoms. The van der Waals surface area contributed by atoms with E-state index < -0.39 is 0 Å². The first-order chi connectivity index (χ1) is 11.8. The molecule has 1 saturated heterocycles. The fourth-order valence-corrected chi connectivity index (χ4v) is 4.85. The zero-order chi connectivity index (χ0) is 16.4. The van der Waals surface area contributed by atoms with Crippen molar-refractivity contribution in [3.05, 3.63) is 53.0 Å². The number of hydrogen-bond donors (Lipinski definition) is 2. The lowest BCUT2D eigenvalue weighted by atomic mass is 9.98. The van der Waals surface area contributed by atoms with E-state index in [2.05, 4.69) is 21.1 Å². The predicted octanol–water partition coefficient (Wildman–Crippen LogP) is 2.18. The van der Waals surface area contributed by atoms with Crippen molar-refractivity contribution in [2.45, 2.75) is 18.5 Å². The monoisotopic (exact) mass is 358 g/mol. The number of fused-ring (bicyclic) bond motifs is 1. The molecule has 0 aliphatic carbocycles. The Hall–Kier alpha value is -1.70. The second-order valence-corrected chi connectivity index (χ2v) is 7.94. The lowest BCUT2D eigenvalue weighted by Gasteiger charge is -2.25. The van der Waals surface area contributed by atoms with Crippen LogP contribution in [0.15, 0.2) is 47.6 Å². The molecule has 0 saturated carbocycles. The number of hydrogen-bond acceptors (Lipinski definition) is 6. The van der Waals surface area contributed by atoms with Gasteiger partial charge < -0.3 is 10.6 Å². The van der Waals surface area contributed by atoms with Gasteiger partial charge >= 0.3 is 0 Å². The number of aliphatic imine (C=N–C) groups is 1. The summed E-state index contributed by atoms with van der Waals surface area (Å²) >= 11 is 3.19. The van der Waals surface area contributed by atoms with E-state index in [4.69, 9.17) is 4.99 Å². The zero-order valence-corrected chi connectivity index (χ0v) is 14.6. The predicted molar refractivity (Wildman–Crippen MR) is 98.7 cm³/mol. The second-order valence-electron chi connectivity index (χ2n) is 6.01. The van der Waals surface area contributed by atoms with Crippen molar-refractivity contribution in [2.75, 3.05) is 12.3 Å². The van der Waals surface area contributed by atoms with Crippen LogP contribution < -0.4 is 10.6 Å². The maximum absolute atomic E-state index is 12.3. The highest BCUT2D eigenvalue weighted by atomic mass is 32.2. The highest BCUT2D eigenvalue weighted by molar-refractivity contribution is 8.13. The van der Waals surface area contributed by atoms with Crippen molar-refractivity contribution in [3.8, 4) is 0 Å². The zero-order valence-electron chi connectivity index (χ0n) is 13.0. The van der Waals surface area contributed by atoms with E-state index >= 15 is 0 Å². The summed E-state index contributed by atoms with van der Waals surface area (Å²) in [7, 11) is 0. The van der Waals surface area contributed by atoms with E-state index in [0.29, 0.717) is 17.5 Å². The number of nitrogens with one attached hydrogen (secondary N) is 2. The Balaban J connectivity index is 1.46. The number of thioether (sulfide) groups is 1. The molecule has 2 aromatic rings. The molecule has 2 aliphatic rings. The molecule has 2 aliphatic heterocycles. The molecular weight excluding hydrogens is 340 g/mol. The average molecular weight is 358 g/mol. The third-order valence-electron chi connectivity index (χ3n) is 4.41. The molecule has 1 aromatic carbocycles. The molecule has 3 atom stereocenters. The lowest BCUT2D eigenvalue weighted by Crippen LogP contribution is -2.39. The molecular formula is C17H18N4OS2. The molecule has 24 heavy (non-hydrogen) atoms. The maximum Gasteiger partial charge on any atom is 0.257 e. The van der Waals surface area contributed by atoms with Crippen molar-refractivity contribution < 1.29 is 4.79 Å². The summed E-state index contributed by atoms with van der Waals surface area (Å²) in [5.41, 5.74) is 0.661. The summed E-state index contributed by atoms with van der Waals surface area (Å²) in [6.45, 7) is 0.991. The smallest absolute Gasteiger partial charge is 0.257 e. The number of aromatic nitrogens is 1. The largest absolute Gasteiger partial charge is 0.311 e. The van der Waals surface area contributed by atoms with Crippen LogP contribution in [0.25, 0.3) is 0 Å². The van der Waals surface area contributed by atoms with Crippen molar-refractivity contribution in [1.29, 1.82) is 0 Å². The Kier molecular flexibility index (Phi) is 4.64. The molecule has 3 heterocycles. The Morgan fingerprint density at radius 1 is 1.29 bits per heavy atom. The SMILES string of the molecule is O=C(NC1=N[C@H]2C(Cc3ccns3)NC[C@H]2CS1)c1ccccc1. The number of benzene rings is 1. The molecule has 4 rings (SSSR count). The summed E-state index contributed by atoms with van der Waals surface area (Å²) < 4.78 is 4.17. The Bertz CT molecular complexity index is 732. The fraction of sp³-hybridized carbons (Fsp3) is 0.353. The van der Waals surface area contributed by atoms with Gasteiger partial charge in [0.05, 0.1) is 6.04 Å². The van der Waals surface area contributed by atoms with Gasteiger partial charge in [-0.15, -0.1) is 0 Å². The highest BCUT2D eigenvalue weighted by Crippen LogP contribution is 2.30. The van der Waals surface area contributed by atoms with E-state index in [1.807, 2.05) is 36.5 Å². The van der Waals surface area contributed by atoms with Gasteiger partial charge in [-0.3, -0.25) is 9.79 Å². The van der Waals surface area contributed by atoms with Crippen molar-refractivity contribution in [3.63, 3.8) is 0 Å². The number of carbonyl (C=O) groups is 1. The van der Waals surface area contributed by atoms with E-state index in [-0.39, 0.29) is 11.9 Å². The Morgan fingerprint density at radius 3 is 2.96 bits per heavy atom. The van der Waals surface area contributed by atoms with Gasteiger partial charge in [-0.2, -0.15) is 0 Å². The normalized spacial score (nSPS) is 25.8. The van der Waals surface area contributed by atoms with Gasteiger partial charge in [0.2, 0.25) is 0 Å². The van der Waals surface area contributed by atoms with Crippen LogP contribution >= 0.6 is 23.3 Å². The first kappa shape index (κ1) is 15.8. The maximum atomic E-state index is 12.3. The van der Waals surface area contributed by atoms with E-state index in [0.717, 1.165) is 23.9 Å². The summed E-state index contributed by atoms with van der Waals surface area (Å²) in [6, 6.07) is 11.9. The molecule has 7 heteroatoms. The lowest BCUT2D eigenvalue weighted by molar-refractivity contribution is 0.0977. The quantitative estimate of drug-likeness (QED) is 0.883. The molecule has 1 unspecified atom stereocenters. The van der Waals surface area contributed by atoms with Gasteiger partial charge in [-0.05, 0) is 29.7 Å². The number of rotatable bonds is 3. The van der Waals surface area contributed by atoms with Gasteiger partial charge in [-0.1, -0.05) is 30.0 Å². The van der Waals surface area contributed by atoms with Crippen LogP contribution in [0.5, 0.6) is 0 Å². The topological polar surface area (TPSA) is 66.4 Å². The van der Waals surface area contributed by atoms with Crippen LogP contribution in [0.3, 0.4) is 0 Å². The summed E-state index contributed by atoms with van der Waals surface area (Å²) in [4.78, 5) is 18.4. The average Bonchev–Trinajstić information content (AvgIpc) is 3.26. The molecule has 0 bridgehead atoms. The fourth-order valence-electron chi connectivity index (χ4n) is 3.17. The second kappa shape index (κ2) is 7.04. The van der Waals surface area contributed by atoms with Crippen LogP contribution in [0.1, 0.15) is 15.2 Å². The molecule has 1 fully saturated rings. The van der Waals surface area contributed by atoms with Crippen LogP contribution in [0.2, 0.25) is 0 Å². The molecule has 1 amide bonds. The third-order valence-corrected chi connectivity index (χ3v) is 6.25. The van der Waals surface area contributed by atoms with Crippen molar-refractivity contribution >= 4 is 34.4 Å². The Morgan fingerprint density at radius 2 is 2.17 bits per heavy atom. The van der Waals surface area contributed by atoms with E-state index in [1.54, 1.807) is 23.3 Å². The number of nitrogens with zero attached hydrogens (tertiary/aromatic N) is 2. The minimum atomic E-state index is -0.0923. The van der Waals surface area contributed by atoms with Gasteiger partial charge in [0.15, 0.2) is 5.17 Å². The standard InChI is InChI=1S/C17H18N4OS2/c22-16(11-4-2-1-3-5-11)21-17-20-15-12(10-23-17)9-18-14(15)8-13-6-7-19-24-13/h1-7,12,14-15,18H,8-10H2,(H,20,21,22)/t12-,14?,15+/m0/s1. The summed E-state index contributed by atoms with van der Waals surface area (Å²) in [5, 5.41) is 7.29. The van der Waals surface area contributed by atoms with Gasteiger partial charge in [0, 0.05) is 47.3 Å². The first-order valence-corrected chi connectivity index (χ1v) is 9.75. The van der Waals surface area contributed by atoms with Gasteiger partial charge in [-0.25, -0.2) is 4.37 Å². The Labute approximate surface area is 149 Å². The minimum absolute atomic E-state index is 0.0923. The molecule has 1 aromatic heterocycles.